The molecule has 42 heavy (non-hydrogen) atoms. The molecule has 10 nitrogen and oxygen atoms in total. The van der Waals surface area contributed by atoms with Crippen LogP contribution in [0.3, 0.4) is 0 Å². The van der Waals surface area contributed by atoms with Gasteiger partial charge in [-0.1, -0.05) is 37.6 Å². The van der Waals surface area contributed by atoms with Gasteiger partial charge in [-0.2, -0.15) is 15.0 Å². The molecular weight excluding hydrogens is 544 g/mol. The zero-order chi connectivity index (χ0) is 29.3. The average Bonchev–Trinajstić information content (AvgIpc) is 3.35. The van der Waals surface area contributed by atoms with Gasteiger partial charge in [-0.15, -0.1) is 0 Å². The third-order valence-corrected chi connectivity index (χ3v) is 8.17. The van der Waals surface area contributed by atoms with E-state index in [0.717, 1.165) is 31.4 Å². The molecule has 0 radical (unpaired) electrons. The summed E-state index contributed by atoms with van der Waals surface area (Å²) < 4.78 is 41.3. The molecule has 2 saturated heterocycles. The van der Waals surface area contributed by atoms with Crippen molar-refractivity contribution >= 4 is 22.9 Å². The van der Waals surface area contributed by atoms with Gasteiger partial charge in [0, 0.05) is 26.7 Å². The van der Waals surface area contributed by atoms with Crippen LogP contribution in [0, 0.1) is 0 Å². The highest BCUT2D eigenvalue weighted by Crippen LogP contribution is 2.39. The summed E-state index contributed by atoms with van der Waals surface area (Å²) in [6, 6.07) is 14.2. The number of halogens is 2. The van der Waals surface area contributed by atoms with Crippen molar-refractivity contribution in [3.8, 4) is 17.7 Å². The molecule has 4 heterocycles. The summed E-state index contributed by atoms with van der Waals surface area (Å²) in [4.78, 5) is 35.0. The van der Waals surface area contributed by atoms with E-state index in [1.807, 2.05) is 42.0 Å². The van der Waals surface area contributed by atoms with Crippen molar-refractivity contribution in [3.63, 3.8) is 0 Å². The van der Waals surface area contributed by atoms with E-state index in [1.165, 1.54) is 4.57 Å². The Kier molecular flexibility index (Phi) is 7.72. The van der Waals surface area contributed by atoms with Crippen LogP contribution >= 0.6 is 0 Å². The predicted molar refractivity (Wildman–Crippen MR) is 152 cm³/mol. The maximum Gasteiger partial charge on any atom is 0.328 e. The van der Waals surface area contributed by atoms with E-state index in [2.05, 4.69) is 19.9 Å². The molecule has 220 valence electrons. The minimum atomic E-state index is -2.86. The maximum absolute atomic E-state index is 14.2. The third-order valence-electron chi connectivity index (χ3n) is 8.17. The van der Waals surface area contributed by atoms with E-state index in [-0.39, 0.29) is 23.8 Å². The molecule has 0 N–H and O–H groups in total. The van der Waals surface area contributed by atoms with Crippen LogP contribution in [0.25, 0.3) is 17.0 Å². The van der Waals surface area contributed by atoms with Crippen molar-refractivity contribution in [2.24, 2.45) is 0 Å². The average molecular weight is 578 g/mol. The molecule has 2 aromatic heterocycles. The summed E-state index contributed by atoms with van der Waals surface area (Å²) in [5.41, 5.74) is 1.06. The number of morpholine rings is 1. The first-order valence-electron chi connectivity index (χ1n) is 14.3. The summed E-state index contributed by atoms with van der Waals surface area (Å²) in [7, 11) is 1.85. The number of nitrogens with zero attached hydrogens (tertiary/aromatic N) is 7. The summed E-state index contributed by atoms with van der Waals surface area (Å²) in [5.74, 6) is 0.340. The number of alkyl halides is 2. The smallest absolute Gasteiger partial charge is 0.328 e. The number of aromatic nitrogens is 5. The van der Waals surface area contributed by atoms with Gasteiger partial charge in [-0.05, 0) is 49.1 Å². The van der Waals surface area contributed by atoms with Crippen molar-refractivity contribution in [3.05, 3.63) is 59.9 Å². The largest absolute Gasteiger partial charge is 0.424 e. The number of likely N-dealkylation sites (N-methyl/N-ethyl adjacent to an activating group) is 1. The topological polar surface area (TPSA) is 98.5 Å². The highest BCUT2D eigenvalue weighted by Gasteiger charge is 2.41. The molecule has 0 aliphatic carbocycles. The minimum absolute atomic E-state index is 0.0211. The van der Waals surface area contributed by atoms with Crippen LogP contribution in [0.1, 0.15) is 50.4 Å². The Labute approximate surface area is 242 Å². The number of rotatable bonds is 7. The Morgan fingerprint density at radius 2 is 1.76 bits per heavy atom. The second-order valence-electron chi connectivity index (χ2n) is 10.7. The van der Waals surface area contributed by atoms with Gasteiger partial charge in [-0.25, -0.2) is 13.8 Å². The highest BCUT2D eigenvalue weighted by molar-refractivity contribution is 5.88. The lowest BCUT2D eigenvalue weighted by Crippen LogP contribution is -2.43. The van der Waals surface area contributed by atoms with Crippen LogP contribution in [0.4, 0.5) is 14.7 Å². The zero-order valence-electron chi connectivity index (χ0n) is 23.7. The lowest BCUT2D eigenvalue weighted by Gasteiger charge is -2.33. The van der Waals surface area contributed by atoms with Gasteiger partial charge in [0.2, 0.25) is 17.8 Å². The monoisotopic (exact) mass is 577 g/mol. The number of fused-ring (bicyclic) bond motifs is 1. The summed E-state index contributed by atoms with van der Waals surface area (Å²) in [5, 5.41) is 0. The fraction of sp³-hybridized carbons (Fsp3) is 0.433. The second kappa shape index (κ2) is 11.6. The van der Waals surface area contributed by atoms with Gasteiger partial charge in [0.25, 0.3) is 6.43 Å². The summed E-state index contributed by atoms with van der Waals surface area (Å²) >= 11 is 0. The molecule has 2 fully saturated rings. The number of amides is 1. The van der Waals surface area contributed by atoms with E-state index < -0.39 is 17.7 Å². The number of hydrogen-bond donors (Lipinski definition) is 0. The predicted octanol–water partition coefficient (Wildman–Crippen LogP) is 5.07. The van der Waals surface area contributed by atoms with E-state index in [0.29, 0.717) is 49.5 Å². The van der Waals surface area contributed by atoms with Crippen LogP contribution in [-0.4, -0.2) is 75.2 Å². The van der Waals surface area contributed by atoms with Crippen LogP contribution in [-0.2, 0) is 14.9 Å². The van der Waals surface area contributed by atoms with Crippen LogP contribution in [0.2, 0.25) is 0 Å². The molecule has 1 amide bonds. The molecular formula is C30H33F2N7O3. The summed E-state index contributed by atoms with van der Waals surface area (Å²) in [6.45, 7) is 4.79. The molecule has 0 saturated carbocycles. The molecule has 4 aromatic rings. The minimum Gasteiger partial charge on any atom is -0.424 e. The number of anilines is 1. The quantitative estimate of drug-likeness (QED) is 0.301. The Balaban J connectivity index is 1.43. The lowest BCUT2D eigenvalue weighted by atomic mass is 9.73. The molecule has 2 aliphatic rings. The molecule has 2 aromatic carbocycles. The Bertz CT molecular complexity index is 1590. The molecule has 1 unspecified atom stereocenters. The lowest BCUT2D eigenvalue weighted by molar-refractivity contribution is -0.135. The van der Waals surface area contributed by atoms with Crippen molar-refractivity contribution in [2.75, 3.05) is 44.8 Å². The molecule has 1 atom stereocenters. The van der Waals surface area contributed by atoms with Crippen molar-refractivity contribution in [2.45, 2.75) is 44.4 Å². The third kappa shape index (κ3) is 5.15. The van der Waals surface area contributed by atoms with Crippen molar-refractivity contribution in [1.29, 1.82) is 0 Å². The van der Waals surface area contributed by atoms with E-state index in [9.17, 15) is 13.6 Å². The number of benzene rings is 2. The number of carbonyl (C=O) groups excluding carboxylic acids is 1. The fourth-order valence-electron chi connectivity index (χ4n) is 5.90. The number of imidazole rings is 1. The second-order valence-corrected chi connectivity index (χ2v) is 10.7. The summed E-state index contributed by atoms with van der Waals surface area (Å²) in [6.07, 6.45) is 0.447. The number of likely N-dealkylation sites (tertiary alicyclic amines) is 1. The number of hydrogen-bond acceptors (Lipinski definition) is 8. The fourth-order valence-corrected chi connectivity index (χ4v) is 5.90. The molecule has 0 spiro atoms. The molecule has 6 rings (SSSR count). The van der Waals surface area contributed by atoms with Gasteiger partial charge in [0.1, 0.15) is 5.75 Å². The SMILES string of the molecule is CCC1(c2cccc(Oc3nc(N4CCOCC4)nc(-n4c(C(F)F)nc5ccccc54)n3)c2)CCCCN(C)C1=O. The first kappa shape index (κ1) is 28.0. The van der Waals surface area contributed by atoms with E-state index in [1.54, 1.807) is 30.3 Å². The molecule has 12 heteroatoms. The van der Waals surface area contributed by atoms with Gasteiger partial charge in [0.15, 0.2) is 5.82 Å². The Hall–Kier alpha value is -4.19. The van der Waals surface area contributed by atoms with Crippen molar-refractivity contribution < 1.29 is 23.0 Å². The van der Waals surface area contributed by atoms with E-state index >= 15 is 0 Å². The van der Waals surface area contributed by atoms with Crippen LogP contribution in [0.15, 0.2) is 48.5 Å². The van der Waals surface area contributed by atoms with Gasteiger partial charge < -0.3 is 19.3 Å². The van der Waals surface area contributed by atoms with Gasteiger partial charge in [-0.3, -0.25) is 9.36 Å². The highest BCUT2D eigenvalue weighted by atomic mass is 19.3. The Morgan fingerprint density at radius 3 is 2.55 bits per heavy atom. The van der Waals surface area contributed by atoms with Crippen LogP contribution < -0.4 is 9.64 Å². The Morgan fingerprint density at radius 1 is 0.976 bits per heavy atom. The van der Waals surface area contributed by atoms with E-state index in [4.69, 9.17) is 9.47 Å². The molecule has 2 aliphatic heterocycles. The number of ether oxygens (including phenoxy) is 2. The first-order chi connectivity index (χ1) is 20.4. The normalized spacial score (nSPS) is 19.9. The zero-order valence-corrected chi connectivity index (χ0v) is 23.7. The standard InChI is InChI=1S/C30H33F2N7O3/c1-3-30(13-6-7-14-37(2)26(30)40)20-9-8-10-21(19-20)42-29-35-27(38-15-17-41-18-16-38)34-28(36-29)39-23-12-5-4-11-22(23)33-25(39)24(31)32/h4-5,8-12,19,24H,3,6-7,13-18H2,1-2H3. The number of carbonyl (C=O) groups is 1. The van der Waals surface area contributed by atoms with Gasteiger partial charge >= 0.3 is 6.01 Å². The molecule has 0 bridgehead atoms. The van der Waals surface area contributed by atoms with Crippen molar-refractivity contribution in [1.82, 2.24) is 29.4 Å². The number of para-hydroxylation sites is 2. The van der Waals surface area contributed by atoms with Crippen LogP contribution in [0.5, 0.6) is 11.8 Å². The van der Waals surface area contributed by atoms with Gasteiger partial charge in [0.05, 0.1) is 29.7 Å². The maximum atomic E-state index is 14.2. The first-order valence-corrected chi connectivity index (χ1v) is 14.3.